The fourth-order valence-electron chi connectivity index (χ4n) is 2.50. The molecule has 0 amide bonds. The molecule has 2 aliphatic heterocycles. The van der Waals surface area contributed by atoms with Gasteiger partial charge in [-0.1, -0.05) is 6.58 Å². The first kappa shape index (κ1) is 32.8. The molecular formula is C18H19F13O7. The molecule has 224 valence electrons. The molecule has 20 heteroatoms. The molecule has 7 nitrogen and oxygen atoms in total. The minimum Gasteiger partial charge on any atom is -0.372 e. The van der Waals surface area contributed by atoms with Crippen LogP contribution in [0.3, 0.4) is 0 Å². The van der Waals surface area contributed by atoms with Gasteiger partial charge in [0, 0.05) is 12.8 Å². The standard InChI is InChI=1S/C18H19F13O7/c1-9(19)14(21,22)38-15(23,17(27,28)29)18(30,31)37-13(20,16(24,25)26)8-32-6-10(36-12-3-5-34-12)7-35-11-2-4-33-11/h10-12H,1-8H2. The van der Waals surface area contributed by atoms with Gasteiger partial charge < -0.3 is 23.7 Å². The van der Waals surface area contributed by atoms with Gasteiger partial charge >= 0.3 is 36.3 Å². The van der Waals surface area contributed by atoms with E-state index in [1.54, 1.807) is 6.58 Å². The summed E-state index contributed by atoms with van der Waals surface area (Å²) in [7, 11) is 0. The van der Waals surface area contributed by atoms with Crippen molar-refractivity contribution in [3.8, 4) is 0 Å². The quantitative estimate of drug-likeness (QED) is 0.246. The van der Waals surface area contributed by atoms with Crippen molar-refractivity contribution in [2.75, 3.05) is 33.0 Å². The molecule has 2 rings (SSSR count). The average Bonchev–Trinajstić information content (AvgIpc) is 2.66. The van der Waals surface area contributed by atoms with E-state index in [1.807, 2.05) is 0 Å². The number of hydrogen-bond acceptors (Lipinski definition) is 7. The van der Waals surface area contributed by atoms with E-state index in [2.05, 4.69) is 14.2 Å². The highest BCUT2D eigenvalue weighted by molar-refractivity contribution is 4.97. The number of ether oxygens (including phenoxy) is 7. The van der Waals surface area contributed by atoms with Gasteiger partial charge in [-0.15, -0.1) is 0 Å². The van der Waals surface area contributed by atoms with E-state index in [-0.39, 0.29) is 6.61 Å². The van der Waals surface area contributed by atoms with Crippen molar-refractivity contribution < 1.29 is 90.2 Å². The number of hydrogen-bond donors (Lipinski definition) is 0. The highest BCUT2D eigenvalue weighted by atomic mass is 19.4. The first-order valence-corrected chi connectivity index (χ1v) is 10.2. The summed E-state index contributed by atoms with van der Waals surface area (Å²) in [4.78, 5) is 0. The molecule has 0 aromatic heterocycles. The second-order valence-corrected chi connectivity index (χ2v) is 7.75. The van der Waals surface area contributed by atoms with Crippen LogP contribution >= 0.6 is 0 Å². The Bertz CT molecular complexity index is 800. The summed E-state index contributed by atoms with van der Waals surface area (Å²) in [6.07, 6.45) is -29.7. The molecule has 0 aliphatic carbocycles. The number of halogens is 13. The molecule has 0 aromatic carbocycles. The Kier molecular flexibility index (Phi) is 9.98. The van der Waals surface area contributed by atoms with Gasteiger partial charge in [-0.25, -0.2) is 4.39 Å². The van der Waals surface area contributed by atoms with Gasteiger partial charge in [0.1, 0.15) is 12.7 Å². The summed E-state index contributed by atoms with van der Waals surface area (Å²) >= 11 is 0. The summed E-state index contributed by atoms with van der Waals surface area (Å²) in [6, 6.07) is 0. The van der Waals surface area contributed by atoms with E-state index < -0.39 is 80.6 Å². The van der Waals surface area contributed by atoms with Crippen LogP contribution in [0.4, 0.5) is 57.1 Å². The van der Waals surface area contributed by atoms with Crippen LogP contribution in [-0.4, -0.2) is 88.0 Å². The first-order chi connectivity index (χ1) is 17.1. The molecule has 5 unspecified atom stereocenters. The lowest BCUT2D eigenvalue weighted by Gasteiger charge is -2.39. The summed E-state index contributed by atoms with van der Waals surface area (Å²) in [5.41, 5.74) is 0. The number of rotatable bonds is 15. The summed E-state index contributed by atoms with van der Waals surface area (Å²) in [5.74, 6) is -16.4. The zero-order chi connectivity index (χ0) is 29.2. The zero-order valence-corrected chi connectivity index (χ0v) is 18.7. The third-order valence-corrected chi connectivity index (χ3v) is 4.76. The maximum absolute atomic E-state index is 14.5. The Morgan fingerprint density at radius 2 is 1.32 bits per heavy atom. The molecule has 0 saturated carbocycles. The van der Waals surface area contributed by atoms with Crippen LogP contribution < -0.4 is 0 Å². The molecule has 2 heterocycles. The molecule has 38 heavy (non-hydrogen) atoms. The minimum atomic E-state index is -7.33. The Labute approximate surface area is 204 Å². The highest BCUT2D eigenvalue weighted by Gasteiger charge is 2.80. The normalized spacial score (nSPS) is 25.1. The first-order valence-electron chi connectivity index (χ1n) is 10.2. The van der Waals surface area contributed by atoms with E-state index in [9.17, 15) is 57.1 Å². The van der Waals surface area contributed by atoms with Crippen molar-refractivity contribution >= 4 is 0 Å². The molecule has 0 N–H and O–H groups in total. The minimum absolute atomic E-state index is 0.233. The lowest BCUT2D eigenvalue weighted by Crippen LogP contribution is -2.65. The molecular weight excluding hydrogens is 575 g/mol. The van der Waals surface area contributed by atoms with Crippen LogP contribution in [-0.2, 0) is 33.2 Å². The van der Waals surface area contributed by atoms with Gasteiger partial charge in [0.15, 0.2) is 18.4 Å². The van der Waals surface area contributed by atoms with Crippen molar-refractivity contribution in [2.45, 2.75) is 67.8 Å². The molecule has 2 saturated heterocycles. The number of alkyl halides is 12. The predicted octanol–water partition coefficient (Wildman–Crippen LogP) is 5.06. The van der Waals surface area contributed by atoms with Crippen LogP contribution in [0.1, 0.15) is 12.8 Å². The fourth-order valence-corrected chi connectivity index (χ4v) is 2.50. The summed E-state index contributed by atoms with van der Waals surface area (Å²) < 4.78 is 203. The molecule has 2 aliphatic rings. The van der Waals surface area contributed by atoms with Crippen LogP contribution in [0.15, 0.2) is 12.4 Å². The van der Waals surface area contributed by atoms with Crippen molar-refractivity contribution in [1.82, 2.24) is 0 Å². The van der Waals surface area contributed by atoms with E-state index in [0.717, 1.165) is 0 Å². The van der Waals surface area contributed by atoms with Gasteiger partial charge in [-0.05, 0) is 0 Å². The predicted molar refractivity (Wildman–Crippen MR) is 92.5 cm³/mol. The highest BCUT2D eigenvalue weighted by Crippen LogP contribution is 2.53. The van der Waals surface area contributed by atoms with Crippen LogP contribution in [0.2, 0.25) is 0 Å². The molecule has 0 spiro atoms. The summed E-state index contributed by atoms with van der Waals surface area (Å²) in [6.45, 7) is -1.97. The van der Waals surface area contributed by atoms with Crippen molar-refractivity contribution in [3.63, 3.8) is 0 Å². The van der Waals surface area contributed by atoms with Crippen LogP contribution in [0.5, 0.6) is 0 Å². The van der Waals surface area contributed by atoms with Gasteiger partial charge in [0.2, 0.25) is 0 Å². The van der Waals surface area contributed by atoms with E-state index in [4.69, 9.17) is 18.9 Å². The molecule has 0 bridgehead atoms. The Morgan fingerprint density at radius 1 is 0.789 bits per heavy atom. The van der Waals surface area contributed by atoms with Gasteiger partial charge in [0.25, 0.3) is 0 Å². The Balaban J connectivity index is 2.19. The van der Waals surface area contributed by atoms with E-state index in [0.29, 0.717) is 19.4 Å². The smallest absolute Gasteiger partial charge is 0.372 e. The second-order valence-electron chi connectivity index (χ2n) is 7.75. The second kappa shape index (κ2) is 11.6. The largest absolute Gasteiger partial charge is 0.458 e. The lowest BCUT2D eigenvalue weighted by molar-refractivity contribution is -0.529. The molecule has 0 aromatic rings. The van der Waals surface area contributed by atoms with E-state index >= 15 is 0 Å². The van der Waals surface area contributed by atoms with Crippen molar-refractivity contribution in [2.24, 2.45) is 0 Å². The lowest BCUT2D eigenvalue weighted by atomic mass is 10.2. The van der Waals surface area contributed by atoms with Crippen molar-refractivity contribution in [3.05, 3.63) is 12.4 Å². The third-order valence-electron chi connectivity index (χ3n) is 4.76. The monoisotopic (exact) mass is 594 g/mol. The average molecular weight is 594 g/mol. The fraction of sp³-hybridized carbons (Fsp3) is 0.889. The zero-order valence-electron chi connectivity index (χ0n) is 18.7. The molecule has 5 atom stereocenters. The Hall–Kier alpha value is -1.45. The maximum atomic E-state index is 14.5. The summed E-state index contributed by atoms with van der Waals surface area (Å²) in [5, 5.41) is 0. The van der Waals surface area contributed by atoms with Crippen LogP contribution in [0, 0.1) is 0 Å². The molecule has 0 radical (unpaired) electrons. The van der Waals surface area contributed by atoms with Gasteiger partial charge in [-0.2, -0.15) is 52.7 Å². The van der Waals surface area contributed by atoms with Crippen LogP contribution in [0.25, 0.3) is 0 Å². The van der Waals surface area contributed by atoms with E-state index in [1.165, 1.54) is 0 Å². The SMILES string of the molecule is C=C(F)C(F)(F)OC(F)(C(F)(F)F)C(F)(F)OC(F)(COCC(COC1CCO1)OC1CCO1)C(F)(F)F. The maximum Gasteiger partial charge on any atom is 0.458 e. The van der Waals surface area contributed by atoms with Gasteiger partial charge in [0.05, 0.1) is 26.4 Å². The topological polar surface area (TPSA) is 64.6 Å². The van der Waals surface area contributed by atoms with Crippen molar-refractivity contribution in [1.29, 1.82) is 0 Å². The Morgan fingerprint density at radius 3 is 1.71 bits per heavy atom. The molecule has 2 fully saturated rings. The van der Waals surface area contributed by atoms with Gasteiger partial charge in [-0.3, -0.25) is 9.47 Å². The third kappa shape index (κ3) is 7.60.